The van der Waals surface area contributed by atoms with Gasteiger partial charge in [-0.05, 0) is 31.7 Å². The van der Waals surface area contributed by atoms with Crippen LogP contribution in [0.25, 0.3) is 0 Å². The molecule has 2 aliphatic heterocycles. The lowest BCUT2D eigenvalue weighted by atomic mass is 9.79. The van der Waals surface area contributed by atoms with Crippen LogP contribution < -0.4 is 5.73 Å². The van der Waals surface area contributed by atoms with Crippen molar-refractivity contribution in [1.82, 2.24) is 4.90 Å². The lowest BCUT2D eigenvalue weighted by molar-refractivity contribution is -0.0471. The maximum Gasteiger partial charge on any atom is 0.0619 e. The fourth-order valence-corrected chi connectivity index (χ4v) is 2.66. The lowest BCUT2D eigenvalue weighted by Crippen LogP contribution is -2.52. The Bertz CT molecular complexity index is 217. The molecule has 0 amide bonds. The van der Waals surface area contributed by atoms with Crippen molar-refractivity contribution >= 4 is 0 Å². The van der Waals surface area contributed by atoms with Gasteiger partial charge in [-0.1, -0.05) is 0 Å². The van der Waals surface area contributed by atoms with Crippen molar-refractivity contribution in [1.29, 1.82) is 0 Å². The van der Waals surface area contributed by atoms with Crippen molar-refractivity contribution < 1.29 is 9.47 Å². The van der Waals surface area contributed by atoms with Crippen LogP contribution >= 0.6 is 0 Å². The summed E-state index contributed by atoms with van der Waals surface area (Å²) in [7, 11) is 0. The van der Waals surface area contributed by atoms with Crippen LogP contribution in [0.15, 0.2) is 0 Å². The van der Waals surface area contributed by atoms with E-state index in [1.807, 2.05) is 0 Å². The van der Waals surface area contributed by atoms with E-state index in [-0.39, 0.29) is 5.41 Å². The second kappa shape index (κ2) is 5.45. The number of ether oxygens (including phenoxy) is 2. The molecule has 2 rings (SSSR count). The second-order valence-corrected chi connectivity index (χ2v) is 5.21. The molecule has 0 aliphatic carbocycles. The minimum atomic E-state index is 0.282. The first-order valence-electron chi connectivity index (χ1n) is 6.35. The fourth-order valence-electron chi connectivity index (χ4n) is 2.66. The topological polar surface area (TPSA) is 47.7 Å². The molecule has 0 spiro atoms. The van der Waals surface area contributed by atoms with Gasteiger partial charge in [-0.25, -0.2) is 0 Å². The standard InChI is InChI=1S/C12H24N2O2/c1-11-8-16-7-4-14(11)10-12(9-13)2-5-15-6-3-12/h11H,2-10,13H2,1H3. The normalized spacial score (nSPS) is 31.5. The van der Waals surface area contributed by atoms with Crippen molar-refractivity contribution in [2.45, 2.75) is 25.8 Å². The molecule has 2 fully saturated rings. The van der Waals surface area contributed by atoms with E-state index in [1.165, 1.54) is 0 Å². The van der Waals surface area contributed by atoms with Crippen molar-refractivity contribution in [2.75, 3.05) is 46.1 Å². The van der Waals surface area contributed by atoms with Crippen molar-refractivity contribution in [3.63, 3.8) is 0 Å². The number of nitrogens with two attached hydrogens (primary N) is 1. The summed E-state index contributed by atoms with van der Waals surface area (Å²) in [5, 5.41) is 0. The van der Waals surface area contributed by atoms with Crippen LogP contribution in [-0.2, 0) is 9.47 Å². The third-order valence-electron chi connectivity index (χ3n) is 4.03. The highest BCUT2D eigenvalue weighted by Crippen LogP contribution is 2.31. The Balaban J connectivity index is 1.93. The Labute approximate surface area is 98.1 Å². The van der Waals surface area contributed by atoms with Crippen LogP contribution in [0.2, 0.25) is 0 Å². The fraction of sp³-hybridized carbons (Fsp3) is 1.00. The van der Waals surface area contributed by atoms with Gasteiger partial charge in [0.05, 0.1) is 13.2 Å². The van der Waals surface area contributed by atoms with Gasteiger partial charge in [-0.15, -0.1) is 0 Å². The summed E-state index contributed by atoms with van der Waals surface area (Å²) < 4.78 is 10.9. The first-order valence-corrected chi connectivity index (χ1v) is 6.35. The summed E-state index contributed by atoms with van der Waals surface area (Å²) in [6.45, 7) is 8.63. The number of rotatable bonds is 3. The zero-order chi connectivity index (χ0) is 11.4. The van der Waals surface area contributed by atoms with Gasteiger partial charge in [0.1, 0.15) is 0 Å². The molecule has 16 heavy (non-hydrogen) atoms. The van der Waals surface area contributed by atoms with Gasteiger partial charge in [0.2, 0.25) is 0 Å². The van der Waals surface area contributed by atoms with Gasteiger partial charge >= 0.3 is 0 Å². The van der Waals surface area contributed by atoms with Crippen LogP contribution in [0, 0.1) is 5.41 Å². The van der Waals surface area contributed by atoms with Crippen LogP contribution in [-0.4, -0.2) is 57.0 Å². The molecule has 0 saturated carbocycles. The van der Waals surface area contributed by atoms with E-state index in [0.29, 0.717) is 6.04 Å². The van der Waals surface area contributed by atoms with Gasteiger partial charge in [0, 0.05) is 32.3 Å². The molecule has 4 nitrogen and oxygen atoms in total. The molecule has 0 radical (unpaired) electrons. The number of hydrogen-bond donors (Lipinski definition) is 1. The SMILES string of the molecule is CC1COCCN1CC1(CN)CCOCC1. The number of hydrogen-bond acceptors (Lipinski definition) is 4. The van der Waals surface area contributed by atoms with Crippen molar-refractivity contribution in [3.05, 3.63) is 0 Å². The smallest absolute Gasteiger partial charge is 0.0619 e. The highest BCUT2D eigenvalue weighted by atomic mass is 16.5. The van der Waals surface area contributed by atoms with Crippen molar-refractivity contribution in [2.24, 2.45) is 11.1 Å². The van der Waals surface area contributed by atoms with Crippen LogP contribution in [0.1, 0.15) is 19.8 Å². The number of morpholine rings is 1. The monoisotopic (exact) mass is 228 g/mol. The van der Waals surface area contributed by atoms with E-state index < -0.39 is 0 Å². The van der Waals surface area contributed by atoms with E-state index >= 15 is 0 Å². The van der Waals surface area contributed by atoms with Crippen LogP contribution in [0.5, 0.6) is 0 Å². The summed E-state index contributed by atoms with van der Waals surface area (Å²) in [4.78, 5) is 2.53. The predicted octanol–water partition coefficient (Wildman–Crippen LogP) is 0.463. The molecule has 2 saturated heterocycles. The molecule has 0 aromatic rings. The van der Waals surface area contributed by atoms with E-state index in [9.17, 15) is 0 Å². The quantitative estimate of drug-likeness (QED) is 0.762. The Morgan fingerprint density at radius 3 is 2.62 bits per heavy atom. The Morgan fingerprint density at radius 1 is 1.25 bits per heavy atom. The Hall–Kier alpha value is -0.160. The molecule has 0 aromatic heterocycles. The Kier molecular flexibility index (Phi) is 4.19. The minimum Gasteiger partial charge on any atom is -0.381 e. The molecule has 0 bridgehead atoms. The molecule has 94 valence electrons. The molecular formula is C12H24N2O2. The minimum absolute atomic E-state index is 0.282. The molecule has 1 unspecified atom stereocenters. The molecular weight excluding hydrogens is 204 g/mol. The first kappa shape index (κ1) is 12.3. The van der Waals surface area contributed by atoms with Gasteiger partial charge in [-0.2, -0.15) is 0 Å². The van der Waals surface area contributed by atoms with E-state index in [0.717, 1.165) is 58.9 Å². The third kappa shape index (κ3) is 2.74. The lowest BCUT2D eigenvalue weighted by Gasteiger charge is -2.43. The highest BCUT2D eigenvalue weighted by Gasteiger charge is 2.35. The zero-order valence-electron chi connectivity index (χ0n) is 10.3. The van der Waals surface area contributed by atoms with Gasteiger partial charge in [0.25, 0.3) is 0 Å². The number of nitrogens with zero attached hydrogens (tertiary/aromatic N) is 1. The highest BCUT2D eigenvalue weighted by molar-refractivity contribution is 4.88. The maximum atomic E-state index is 5.99. The van der Waals surface area contributed by atoms with E-state index in [1.54, 1.807) is 0 Å². The maximum absolute atomic E-state index is 5.99. The average Bonchev–Trinajstić information content (AvgIpc) is 2.33. The summed E-state index contributed by atoms with van der Waals surface area (Å²) >= 11 is 0. The summed E-state index contributed by atoms with van der Waals surface area (Å²) in [5.41, 5.74) is 6.27. The first-order chi connectivity index (χ1) is 7.76. The summed E-state index contributed by atoms with van der Waals surface area (Å²) in [6.07, 6.45) is 2.21. The van der Waals surface area contributed by atoms with Gasteiger partial charge < -0.3 is 15.2 Å². The summed E-state index contributed by atoms with van der Waals surface area (Å²) in [5.74, 6) is 0. The summed E-state index contributed by atoms with van der Waals surface area (Å²) in [6, 6.07) is 0.528. The predicted molar refractivity (Wildman–Crippen MR) is 63.4 cm³/mol. The molecule has 1 atom stereocenters. The van der Waals surface area contributed by atoms with Crippen LogP contribution in [0.3, 0.4) is 0 Å². The second-order valence-electron chi connectivity index (χ2n) is 5.21. The van der Waals surface area contributed by atoms with Crippen molar-refractivity contribution in [3.8, 4) is 0 Å². The van der Waals surface area contributed by atoms with E-state index in [2.05, 4.69) is 11.8 Å². The van der Waals surface area contributed by atoms with E-state index in [4.69, 9.17) is 15.2 Å². The molecule has 2 aliphatic rings. The Morgan fingerprint density at radius 2 is 2.00 bits per heavy atom. The average molecular weight is 228 g/mol. The van der Waals surface area contributed by atoms with Gasteiger partial charge in [0.15, 0.2) is 0 Å². The van der Waals surface area contributed by atoms with Crippen LogP contribution in [0.4, 0.5) is 0 Å². The molecule has 4 heteroatoms. The van der Waals surface area contributed by atoms with Gasteiger partial charge in [-0.3, -0.25) is 4.90 Å². The third-order valence-corrected chi connectivity index (χ3v) is 4.03. The largest absolute Gasteiger partial charge is 0.381 e. The molecule has 2 N–H and O–H groups in total. The molecule has 0 aromatic carbocycles. The molecule has 2 heterocycles. The zero-order valence-corrected chi connectivity index (χ0v) is 10.3.